The van der Waals surface area contributed by atoms with E-state index in [9.17, 15) is 9.59 Å². The number of ether oxygens (including phenoxy) is 2. The van der Waals surface area contributed by atoms with Crippen molar-refractivity contribution in [1.29, 1.82) is 0 Å². The van der Waals surface area contributed by atoms with Crippen molar-refractivity contribution in [3.05, 3.63) is 191 Å². The molecule has 1 unspecified atom stereocenters. The molecule has 0 aliphatic heterocycles. The second-order valence-corrected chi connectivity index (χ2v) is 21.7. The fraction of sp³-hybridized carbons (Fsp3) is 0.333. The highest BCUT2D eigenvalue weighted by atomic mass is 16.5. The maximum atomic E-state index is 13.2. The number of carbonyl (C=O) groups is 2. The van der Waals surface area contributed by atoms with Gasteiger partial charge < -0.3 is 19.3 Å². The van der Waals surface area contributed by atoms with Gasteiger partial charge in [-0.25, -0.2) is 9.59 Å². The Morgan fingerprint density at radius 1 is 0.444 bits per heavy atom. The maximum Gasteiger partial charge on any atom is 0.338 e. The first-order valence-electron chi connectivity index (χ1n) is 26.3. The molecule has 6 heteroatoms. The molecule has 6 nitrogen and oxygen atoms in total. The summed E-state index contributed by atoms with van der Waals surface area (Å²) in [5.41, 5.74) is 16.9. The first-order valence-corrected chi connectivity index (χ1v) is 26.3. The molecule has 0 spiro atoms. The lowest BCUT2D eigenvalue weighted by Crippen LogP contribution is -2.22. The SMILES string of the molecule is CCCCCCCCC1(C)c2cc(-c3ccc(N(c4ccc(N(c5ccc(C(C)(C)C)cc5)c5cccc(C(=O)OCC)c5)cc4)c4cccc(C(=O)OCC)c4)cc3)ccc2-c2ccc(C(C)(C)C)cc21. The lowest BCUT2D eigenvalue weighted by molar-refractivity contribution is 0.0517. The van der Waals surface area contributed by atoms with Crippen LogP contribution in [0.2, 0.25) is 0 Å². The van der Waals surface area contributed by atoms with E-state index in [1.165, 1.54) is 77.5 Å². The third-order valence-electron chi connectivity index (χ3n) is 14.5. The Balaban J connectivity index is 1.17. The Hall–Kier alpha value is -6.92. The average molecular weight is 959 g/mol. The van der Waals surface area contributed by atoms with Crippen LogP contribution >= 0.6 is 0 Å². The van der Waals surface area contributed by atoms with Crippen LogP contribution in [0.4, 0.5) is 34.1 Å². The van der Waals surface area contributed by atoms with Crippen molar-refractivity contribution in [2.45, 2.75) is 130 Å². The van der Waals surface area contributed by atoms with Gasteiger partial charge in [-0.1, -0.05) is 161 Å². The third-order valence-corrected chi connectivity index (χ3v) is 14.5. The van der Waals surface area contributed by atoms with E-state index in [4.69, 9.17) is 9.47 Å². The quantitative estimate of drug-likeness (QED) is 0.0631. The first kappa shape index (κ1) is 51.4. The predicted molar refractivity (Wildman–Crippen MR) is 300 cm³/mol. The van der Waals surface area contributed by atoms with E-state index in [-0.39, 0.29) is 28.2 Å². The van der Waals surface area contributed by atoms with Gasteiger partial charge in [0, 0.05) is 39.5 Å². The second kappa shape index (κ2) is 21.8. The summed E-state index contributed by atoms with van der Waals surface area (Å²) >= 11 is 0. The normalized spacial score (nSPS) is 14.1. The summed E-state index contributed by atoms with van der Waals surface area (Å²) in [6, 6.07) is 55.4. The molecule has 1 aliphatic rings. The highest BCUT2D eigenvalue weighted by molar-refractivity contribution is 5.93. The number of hydrogen-bond donors (Lipinski definition) is 0. The zero-order valence-corrected chi connectivity index (χ0v) is 44.4. The van der Waals surface area contributed by atoms with Gasteiger partial charge in [0.05, 0.1) is 24.3 Å². The van der Waals surface area contributed by atoms with Gasteiger partial charge in [0.25, 0.3) is 0 Å². The van der Waals surface area contributed by atoms with Crippen molar-refractivity contribution in [2.75, 3.05) is 23.0 Å². The van der Waals surface area contributed by atoms with Crippen LogP contribution in [0.5, 0.6) is 0 Å². The molecule has 0 radical (unpaired) electrons. The largest absolute Gasteiger partial charge is 0.462 e. The van der Waals surface area contributed by atoms with Crippen molar-refractivity contribution >= 4 is 46.1 Å². The van der Waals surface area contributed by atoms with Crippen molar-refractivity contribution < 1.29 is 19.1 Å². The van der Waals surface area contributed by atoms with Crippen LogP contribution in [0.15, 0.2) is 158 Å². The van der Waals surface area contributed by atoms with Crippen molar-refractivity contribution in [3.8, 4) is 22.3 Å². The van der Waals surface area contributed by atoms with Crippen LogP contribution in [-0.4, -0.2) is 25.2 Å². The number of fused-ring (bicyclic) bond motifs is 3. The number of unbranched alkanes of at least 4 members (excludes halogenated alkanes) is 5. The van der Waals surface area contributed by atoms with E-state index in [2.05, 4.69) is 174 Å². The molecule has 1 atom stereocenters. The van der Waals surface area contributed by atoms with E-state index in [1.54, 1.807) is 12.1 Å². The van der Waals surface area contributed by atoms with E-state index in [1.807, 2.05) is 50.2 Å². The van der Waals surface area contributed by atoms with Gasteiger partial charge in [0.2, 0.25) is 0 Å². The molecule has 72 heavy (non-hydrogen) atoms. The van der Waals surface area contributed by atoms with Crippen LogP contribution in [0, 0.1) is 0 Å². The Kier molecular flexibility index (Phi) is 15.6. The first-order chi connectivity index (χ1) is 34.5. The average Bonchev–Trinajstić information content (AvgIpc) is 3.62. The minimum Gasteiger partial charge on any atom is -0.462 e. The van der Waals surface area contributed by atoms with Gasteiger partial charge in [-0.3, -0.25) is 0 Å². The number of anilines is 6. The third kappa shape index (κ3) is 11.1. The number of nitrogens with zero attached hydrogens (tertiary/aromatic N) is 2. The molecular weight excluding hydrogens is 885 g/mol. The van der Waals surface area contributed by atoms with Crippen molar-refractivity contribution in [1.82, 2.24) is 0 Å². The lowest BCUT2D eigenvalue weighted by atomic mass is 9.74. The minimum absolute atomic E-state index is 0.0140. The molecule has 0 aromatic heterocycles. The van der Waals surface area contributed by atoms with Crippen molar-refractivity contribution in [2.24, 2.45) is 0 Å². The van der Waals surface area contributed by atoms with Gasteiger partial charge in [-0.05, 0) is 167 Å². The minimum atomic E-state index is -0.361. The summed E-state index contributed by atoms with van der Waals surface area (Å²) in [5, 5.41) is 0. The molecule has 7 aromatic rings. The number of esters is 2. The van der Waals surface area contributed by atoms with Gasteiger partial charge in [-0.2, -0.15) is 0 Å². The second-order valence-electron chi connectivity index (χ2n) is 21.7. The molecule has 0 N–H and O–H groups in total. The number of hydrogen-bond acceptors (Lipinski definition) is 6. The van der Waals surface area contributed by atoms with E-state index in [0.717, 1.165) is 46.1 Å². The zero-order chi connectivity index (χ0) is 51.2. The summed E-state index contributed by atoms with van der Waals surface area (Å²) in [7, 11) is 0. The summed E-state index contributed by atoms with van der Waals surface area (Å²) in [6.07, 6.45) is 8.77. The molecule has 0 saturated heterocycles. The summed E-state index contributed by atoms with van der Waals surface area (Å²) in [6.45, 7) is 22.6. The van der Waals surface area contributed by atoms with Crippen LogP contribution in [0.1, 0.15) is 157 Å². The molecule has 1 aliphatic carbocycles. The molecule has 8 rings (SSSR count). The van der Waals surface area contributed by atoms with E-state index in [0.29, 0.717) is 24.3 Å². The fourth-order valence-corrected chi connectivity index (χ4v) is 10.3. The predicted octanol–water partition coefficient (Wildman–Crippen LogP) is 18.3. The van der Waals surface area contributed by atoms with Gasteiger partial charge in [-0.15, -0.1) is 0 Å². The zero-order valence-electron chi connectivity index (χ0n) is 44.4. The molecule has 0 fully saturated rings. The molecule has 0 saturated carbocycles. The molecule has 0 amide bonds. The number of rotatable bonds is 18. The van der Waals surface area contributed by atoms with Gasteiger partial charge >= 0.3 is 11.9 Å². The Morgan fingerprint density at radius 3 is 1.35 bits per heavy atom. The van der Waals surface area contributed by atoms with E-state index >= 15 is 0 Å². The van der Waals surface area contributed by atoms with E-state index < -0.39 is 0 Å². The Morgan fingerprint density at radius 2 is 0.861 bits per heavy atom. The fourth-order valence-electron chi connectivity index (χ4n) is 10.3. The molecule has 0 heterocycles. The van der Waals surface area contributed by atoms with Crippen LogP contribution in [0.25, 0.3) is 22.3 Å². The lowest BCUT2D eigenvalue weighted by Gasteiger charge is -2.30. The molecule has 372 valence electrons. The highest BCUT2D eigenvalue weighted by Crippen LogP contribution is 2.53. The number of carbonyl (C=O) groups excluding carboxylic acids is 2. The van der Waals surface area contributed by atoms with Crippen LogP contribution in [0.3, 0.4) is 0 Å². The Labute approximate surface area is 430 Å². The maximum absolute atomic E-state index is 13.2. The topological polar surface area (TPSA) is 59.1 Å². The van der Waals surface area contributed by atoms with Crippen LogP contribution in [-0.2, 0) is 25.7 Å². The molecular formula is C66H74N2O4. The molecule has 0 bridgehead atoms. The van der Waals surface area contributed by atoms with Gasteiger partial charge in [0.1, 0.15) is 0 Å². The smallest absolute Gasteiger partial charge is 0.338 e. The molecule has 7 aromatic carbocycles. The summed E-state index contributed by atoms with van der Waals surface area (Å²) in [4.78, 5) is 30.5. The Bertz CT molecular complexity index is 2990. The standard InChI is InChI=1S/C66H74N2O4/c1-11-14-15-16-17-18-41-66(10)60-44-47(27-39-58(60)59-40-30-51(45-61(59)66)65(7,8)9)46-25-31-52(32-26-46)67(56-23-19-21-48(42-56)62(69)71-12-2)54-35-37-55(38-36-54)68(53-33-28-50(29-34-53)64(4,5)6)57-24-20-22-49(43-57)63(70)72-13-3/h19-40,42-45H,11-18,41H2,1-10H3. The summed E-state index contributed by atoms with van der Waals surface area (Å²) in [5.74, 6) is -0.720. The monoisotopic (exact) mass is 959 g/mol. The highest BCUT2D eigenvalue weighted by Gasteiger charge is 2.40. The van der Waals surface area contributed by atoms with Gasteiger partial charge in [0.15, 0.2) is 0 Å². The number of benzene rings is 7. The van der Waals surface area contributed by atoms with Crippen molar-refractivity contribution in [3.63, 3.8) is 0 Å². The van der Waals surface area contributed by atoms with Crippen LogP contribution < -0.4 is 9.80 Å². The summed E-state index contributed by atoms with van der Waals surface area (Å²) < 4.78 is 10.9.